The number of alkyl halides is 1. The summed E-state index contributed by atoms with van der Waals surface area (Å²) in [6.45, 7) is 5.51. The van der Waals surface area contributed by atoms with E-state index in [1.54, 1.807) is 25.1 Å². The van der Waals surface area contributed by atoms with E-state index in [9.17, 15) is 14.7 Å². The van der Waals surface area contributed by atoms with Gasteiger partial charge in [-0.25, -0.2) is 0 Å². The maximum Gasteiger partial charge on any atom is 0.177 e. The second-order valence-corrected chi connectivity index (χ2v) is 8.23. The second-order valence-electron chi connectivity index (χ2n) is 6.51. The molecule has 4 nitrogen and oxygen atoms in total. The van der Waals surface area contributed by atoms with Crippen molar-refractivity contribution in [2.45, 2.75) is 23.6 Å². The van der Waals surface area contributed by atoms with E-state index in [0.29, 0.717) is 17.6 Å². The van der Waals surface area contributed by atoms with Gasteiger partial charge in [-0.1, -0.05) is 46.3 Å². The fourth-order valence-electron chi connectivity index (χ4n) is 3.83. The summed E-state index contributed by atoms with van der Waals surface area (Å²) in [5, 5.41) is 10.2. The molecule has 3 rings (SSSR count). The van der Waals surface area contributed by atoms with Crippen LogP contribution in [0.4, 0.5) is 0 Å². The number of carbonyl (C=O) groups is 2. The molecule has 1 N–H and O–H groups in total. The van der Waals surface area contributed by atoms with Gasteiger partial charge < -0.3 is 9.84 Å². The van der Waals surface area contributed by atoms with E-state index in [-0.39, 0.29) is 28.1 Å². The average Bonchev–Trinajstić information content (AvgIpc) is 2.61. The number of ketones is 2. The molecular formula is C20H18BrClO4. The van der Waals surface area contributed by atoms with Crippen molar-refractivity contribution in [3.05, 3.63) is 58.7 Å². The Morgan fingerprint density at radius 1 is 1.42 bits per heavy atom. The summed E-state index contributed by atoms with van der Waals surface area (Å²) in [7, 11) is 1.43. The molecule has 136 valence electrons. The molecule has 1 aromatic carbocycles. The molecular weight excluding hydrogens is 420 g/mol. The van der Waals surface area contributed by atoms with Gasteiger partial charge >= 0.3 is 0 Å². The Hall–Kier alpha value is -1.85. The molecule has 2 aliphatic carbocycles. The van der Waals surface area contributed by atoms with E-state index >= 15 is 0 Å². The first-order valence-corrected chi connectivity index (χ1v) is 9.27. The molecule has 3 atom stereocenters. The van der Waals surface area contributed by atoms with Crippen LogP contribution in [-0.4, -0.2) is 28.1 Å². The Morgan fingerprint density at radius 3 is 2.73 bits per heavy atom. The summed E-state index contributed by atoms with van der Waals surface area (Å²) in [4.78, 5) is 25.7. The molecule has 0 amide bonds. The van der Waals surface area contributed by atoms with Gasteiger partial charge in [-0.05, 0) is 48.3 Å². The number of carbonyl (C=O) groups excluding carboxylic acids is 2. The highest BCUT2D eigenvalue weighted by atomic mass is 79.9. The number of hydrogen-bond acceptors (Lipinski definition) is 4. The van der Waals surface area contributed by atoms with E-state index in [1.807, 2.05) is 6.08 Å². The van der Waals surface area contributed by atoms with Crippen molar-refractivity contribution < 1.29 is 19.4 Å². The molecule has 0 saturated heterocycles. The number of halogens is 2. The minimum Gasteiger partial charge on any atom is -0.503 e. The van der Waals surface area contributed by atoms with Crippen LogP contribution in [0.2, 0.25) is 5.02 Å². The van der Waals surface area contributed by atoms with Gasteiger partial charge in [0.2, 0.25) is 0 Å². The van der Waals surface area contributed by atoms with Crippen LogP contribution in [0.3, 0.4) is 0 Å². The van der Waals surface area contributed by atoms with Crippen molar-refractivity contribution in [3.8, 4) is 11.5 Å². The summed E-state index contributed by atoms with van der Waals surface area (Å²) in [5.74, 6) is -1.20. The lowest BCUT2D eigenvalue weighted by atomic mass is 9.62. The van der Waals surface area contributed by atoms with Gasteiger partial charge in [0.15, 0.2) is 23.1 Å². The van der Waals surface area contributed by atoms with Gasteiger partial charge in [-0.15, -0.1) is 0 Å². The Morgan fingerprint density at radius 2 is 2.12 bits per heavy atom. The maximum absolute atomic E-state index is 13.1. The van der Waals surface area contributed by atoms with Crippen LogP contribution < -0.4 is 4.74 Å². The molecule has 0 fully saturated rings. The van der Waals surface area contributed by atoms with Gasteiger partial charge in [0.25, 0.3) is 0 Å². The highest BCUT2D eigenvalue weighted by Crippen LogP contribution is 2.55. The number of rotatable bonds is 3. The second kappa shape index (κ2) is 6.71. The number of ether oxygens (including phenoxy) is 1. The summed E-state index contributed by atoms with van der Waals surface area (Å²) in [6, 6.07) is 3.23. The normalized spacial score (nSPS) is 28.2. The molecule has 0 spiro atoms. The number of phenols is 1. The first-order valence-electron chi connectivity index (χ1n) is 8.10. The van der Waals surface area contributed by atoms with Crippen LogP contribution in [0, 0.1) is 5.92 Å². The first kappa shape index (κ1) is 18.9. The fraction of sp³-hybridized carbons (Fsp3) is 0.300. The lowest BCUT2D eigenvalue weighted by Gasteiger charge is -2.45. The number of hydrogen-bond donors (Lipinski definition) is 1. The number of aromatic hydroxyl groups is 1. The zero-order valence-corrected chi connectivity index (χ0v) is 16.7. The molecule has 0 heterocycles. The van der Waals surface area contributed by atoms with Crippen molar-refractivity contribution in [2.75, 3.05) is 7.11 Å². The Bertz CT molecular complexity index is 886. The van der Waals surface area contributed by atoms with Crippen LogP contribution in [0.5, 0.6) is 11.5 Å². The summed E-state index contributed by atoms with van der Waals surface area (Å²) < 4.78 is 4.07. The number of allylic oxidation sites excluding steroid dienone is 5. The first-order chi connectivity index (χ1) is 12.2. The number of benzene rings is 1. The quantitative estimate of drug-likeness (QED) is 0.707. The van der Waals surface area contributed by atoms with E-state index in [1.165, 1.54) is 13.2 Å². The number of methoxy groups -OCH3 is 1. The van der Waals surface area contributed by atoms with Crippen molar-refractivity contribution in [1.29, 1.82) is 0 Å². The third-order valence-electron chi connectivity index (χ3n) is 5.10. The van der Waals surface area contributed by atoms with Crippen LogP contribution in [-0.2, 0) is 9.59 Å². The van der Waals surface area contributed by atoms with Crippen LogP contribution in [0.1, 0.15) is 24.8 Å². The third-order valence-corrected chi connectivity index (χ3v) is 6.76. The molecule has 0 unspecified atom stereocenters. The number of Topliss-reactive ketones (excluding diaryl/α,β-unsaturated/α-hetero) is 1. The monoisotopic (exact) mass is 436 g/mol. The van der Waals surface area contributed by atoms with Crippen LogP contribution >= 0.6 is 27.5 Å². The molecule has 6 heteroatoms. The van der Waals surface area contributed by atoms with E-state index in [4.69, 9.17) is 16.3 Å². The SMILES string of the molecule is C=CC1=CC[C@H]2C(=O)C=C(C)C(=O)[C@@]2(Br)[C@H]1c1cc(Cl)c(O)c(OC)c1. The predicted molar refractivity (Wildman–Crippen MR) is 104 cm³/mol. The summed E-state index contributed by atoms with van der Waals surface area (Å²) >= 11 is 9.82. The molecule has 2 aliphatic rings. The Labute approximate surface area is 165 Å². The largest absolute Gasteiger partial charge is 0.503 e. The van der Waals surface area contributed by atoms with Gasteiger partial charge in [-0.2, -0.15) is 0 Å². The van der Waals surface area contributed by atoms with Gasteiger partial charge in [0.05, 0.1) is 12.1 Å². The van der Waals surface area contributed by atoms with E-state index in [0.717, 1.165) is 5.57 Å². The zero-order chi connectivity index (χ0) is 19.2. The third kappa shape index (κ3) is 2.65. The maximum atomic E-state index is 13.1. The van der Waals surface area contributed by atoms with Crippen molar-refractivity contribution in [2.24, 2.45) is 5.92 Å². The minimum atomic E-state index is -1.13. The van der Waals surface area contributed by atoms with Crippen molar-refractivity contribution in [1.82, 2.24) is 0 Å². The smallest absolute Gasteiger partial charge is 0.177 e. The molecule has 0 aliphatic heterocycles. The average molecular weight is 438 g/mol. The van der Waals surface area contributed by atoms with Gasteiger partial charge in [0.1, 0.15) is 4.32 Å². The van der Waals surface area contributed by atoms with Gasteiger partial charge in [0, 0.05) is 11.8 Å². The number of fused-ring (bicyclic) bond motifs is 1. The lowest BCUT2D eigenvalue weighted by Crippen LogP contribution is -2.53. The number of phenolic OH excluding ortho intramolecular Hbond substituents is 1. The van der Waals surface area contributed by atoms with Gasteiger partial charge in [-0.3, -0.25) is 9.59 Å². The highest BCUT2D eigenvalue weighted by Gasteiger charge is 2.56. The van der Waals surface area contributed by atoms with Crippen molar-refractivity contribution >= 4 is 39.1 Å². The Balaban J connectivity index is 2.27. The minimum absolute atomic E-state index is 0.0832. The summed E-state index contributed by atoms with van der Waals surface area (Å²) in [6.07, 6.45) is 5.47. The highest BCUT2D eigenvalue weighted by molar-refractivity contribution is 9.10. The fourth-order valence-corrected chi connectivity index (χ4v) is 5.31. The molecule has 0 radical (unpaired) electrons. The standard InChI is InChI=1S/C20H18BrClO4/c1-4-11-5-6-13-15(23)7-10(2)19(25)20(13,21)17(11)12-8-14(22)18(24)16(9-12)26-3/h4-5,7-9,13,17,24H,1,6H2,2-3H3/t13-,17+,20-/m0/s1. The topological polar surface area (TPSA) is 63.6 Å². The molecule has 1 aromatic rings. The van der Waals surface area contributed by atoms with E-state index in [2.05, 4.69) is 22.5 Å². The lowest BCUT2D eigenvalue weighted by molar-refractivity contribution is -0.128. The summed E-state index contributed by atoms with van der Waals surface area (Å²) in [5.41, 5.74) is 1.89. The Kier molecular flexibility index (Phi) is 4.88. The predicted octanol–water partition coefficient (Wildman–Crippen LogP) is 4.50. The molecule has 26 heavy (non-hydrogen) atoms. The molecule has 0 saturated carbocycles. The van der Waals surface area contributed by atoms with Crippen LogP contribution in [0.25, 0.3) is 0 Å². The molecule has 0 bridgehead atoms. The zero-order valence-electron chi connectivity index (χ0n) is 14.4. The molecule has 0 aromatic heterocycles. The van der Waals surface area contributed by atoms with Crippen molar-refractivity contribution in [3.63, 3.8) is 0 Å². The van der Waals surface area contributed by atoms with E-state index < -0.39 is 16.2 Å². The van der Waals surface area contributed by atoms with Crippen LogP contribution in [0.15, 0.2) is 48.1 Å².